The molecule has 0 bridgehead atoms. The number of esters is 1. The molecule has 20 heavy (non-hydrogen) atoms. The average molecular weight is 286 g/mol. The van der Waals surface area contributed by atoms with E-state index in [1.165, 1.54) is 25.0 Å². The molecule has 0 unspecified atom stereocenters. The summed E-state index contributed by atoms with van der Waals surface area (Å²) >= 11 is 1.36. The van der Waals surface area contributed by atoms with Gasteiger partial charge in [-0.25, -0.2) is 14.6 Å². The number of nitrogens with zero attached hydrogens (tertiary/aromatic N) is 2. The van der Waals surface area contributed by atoms with Crippen LogP contribution >= 0.6 is 11.8 Å². The van der Waals surface area contributed by atoms with Crippen LogP contribution in [0.1, 0.15) is 10.4 Å². The average Bonchev–Trinajstić information content (AvgIpc) is 2.47. The largest absolute Gasteiger partial charge is 0.465 e. The number of carbonyl (C=O) groups excluding carboxylic acids is 2. The predicted octanol–water partition coefficient (Wildman–Crippen LogP) is 2.99. The predicted molar refractivity (Wildman–Crippen MR) is 73.9 cm³/mol. The zero-order chi connectivity index (χ0) is 14.4. The molecule has 100 valence electrons. The van der Waals surface area contributed by atoms with Crippen molar-refractivity contribution in [2.45, 2.75) is 9.92 Å². The molecule has 0 aliphatic heterocycles. The number of isocyanates is 1. The lowest BCUT2D eigenvalue weighted by Gasteiger charge is -2.03. The number of aromatic nitrogens is 1. The Hall–Kier alpha value is -2.43. The minimum absolute atomic E-state index is 0.409. The van der Waals surface area contributed by atoms with Gasteiger partial charge in [0.25, 0.3) is 0 Å². The second-order valence-corrected chi connectivity index (χ2v) is 4.77. The van der Waals surface area contributed by atoms with Crippen molar-refractivity contribution in [1.82, 2.24) is 4.98 Å². The van der Waals surface area contributed by atoms with Gasteiger partial charge in [-0.1, -0.05) is 17.8 Å². The molecule has 0 atom stereocenters. The molecule has 0 saturated carbocycles. The summed E-state index contributed by atoms with van der Waals surface area (Å²) in [5.41, 5.74) is 0.959. The Kier molecular flexibility index (Phi) is 4.65. The van der Waals surface area contributed by atoms with Gasteiger partial charge in [0.15, 0.2) is 0 Å². The summed E-state index contributed by atoms with van der Waals surface area (Å²) in [7, 11) is 1.33. The van der Waals surface area contributed by atoms with Gasteiger partial charge in [0.1, 0.15) is 5.03 Å². The van der Waals surface area contributed by atoms with Crippen molar-refractivity contribution < 1.29 is 14.3 Å². The van der Waals surface area contributed by atoms with E-state index in [4.69, 9.17) is 0 Å². The van der Waals surface area contributed by atoms with Crippen LogP contribution < -0.4 is 0 Å². The van der Waals surface area contributed by atoms with Gasteiger partial charge in [-0.15, -0.1) is 0 Å². The molecule has 0 saturated heterocycles. The van der Waals surface area contributed by atoms with Gasteiger partial charge in [0, 0.05) is 11.1 Å². The van der Waals surface area contributed by atoms with Gasteiger partial charge in [-0.05, 0) is 30.3 Å². The van der Waals surface area contributed by atoms with Gasteiger partial charge in [0.05, 0.1) is 18.4 Å². The maximum absolute atomic E-state index is 11.4. The van der Waals surface area contributed by atoms with E-state index in [0.717, 1.165) is 4.90 Å². The monoisotopic (exact) mass is 286 g/mol. The summed E-state index contributed by atoms with van der Waals surface area (Å²) in [4.78, 5) is 30.3. The molecule has 0 amide bonds. The van der Waals surface area contributed by atoms with Crippen molar-refractivity contribution >= 4 is 29.5 Å². The Morgan fingerprint density at radius 3 is 2.95 bits per heavy atom. The number of hydrogen-bond acceptors (Lipinski definition) is 6. The summed E-state index contributed by atoms with van der Waals surface area (Å²) in [5, 5.41) is 0.653. The Morgan fingerprint density at radius 2 is 2.20 bits per heavy atom. The lowest BCUT2D eigenvalue weighted by atomic mass is 10.3. The normalized spacial score (nSPS) is 9.65. The third-order valence-electron chi connectivity index (χ3n) is 2.37. The zero-order valence-corrected chi connectivity index (χ0v) is 11.4. The lowest BCUT2D eigenvalue weighted by Crippen LogP contribution is -2.01. The summed E-state index contributed by atoms with van der Waals surface area (Å²) in [6.07, 6.45) is 3.04. The summed E-state index contributed by atoms with van der Waals surface area (Å²) < 4.78 is 4.66. The Balaban J connectivity index is 2.23. The molecule has 0 aliphatic rings. The first-order valence-corrected chi connectivity index (χ1v) is 6.45. The van der Waals surface area contributed by atoms with E-state index >= 15 is 0 Å². The fourth-order valence-corrected chi connectivity index (χ4v) is 2.37. The van der Waals surface area contributed by atoms with Crippen LogP contribution in [0.2, 0.25) is 0 Å². The van der Waals surface area contributed by atoms with Crippen molar-refractivity contribution in [3.8, 4) is 0 Å². The topological polar surface area (TPSA) is 68.6 Å². The molecule has 1 aromatic carbocycles. The molecular weight excluding hydrogens is 276 g/mol. The number of hydrogen-bond donors (Lipinski definition) is 0. The molecule has 0 aliphatic carbocycles. The summed E-state index contributed by atoms with van der Waals surface area (Å²) in [5.74, 6) is -0.409. The van der Waals surface area contributed by atoms with Crippen LogP contribution in [0, 0.1) is 0 Å². The molecule has 0 radical (unpaired) electrons. The quantitative estimate of drug-likeness (QED) is 0.491. The van der Waals surface area contributed by atoms with Gasteiger partial charge < -0.3 is 4.74 Å². The van der Waals surface area contributed by atoms with Crippen LogP contribution in [-0.4, -0.2) is 24.1 Å². The number of pyridine rings is 1. The van der Waals surface area contributed by atoms with Crippen molar-refractivity contribution in [3.63, 3.8) is 0 Å². The number of rotatable bonds is 4. The second kappa shape index (κ2) is 6.65. The first-order chi connectivity index (χ1) is 9.72. The van der Waals surface area contributed by atoms with Crippen molar-refractivity contribution in [3.05, 3.63) is 48.2 Å². The summed E-state index contributed by atoms with van der Waals surface area (Å²) in [6.45, 7) is 0. The van der Waals surface area contributed by atoms with E-state index in [9.17, 15) is 9.59 Å². The third-order valence-corrected chi connectivity index (χ3v) is 3.29. The maximum Gasteiger partial charge on any atom is 0.337 e. The highest BCUT2D eigenvalue weighted by Gasteiger charge is 2.07. The molecule has 2 aromatic rings. The van der Waals surface area contributed by atoms with Crippen LogP contribution in [0.25, 0.3) is 0 Å². The summed E-state index contributed by atoms with van der Waals surface area (Å²) in [6, 6.07) is 10.3. The van der Waals surface area contributed by atoms with Gasteiger partial charge >= 0.3 is 5.97 Å². The first-order valence-electron chi connectivity index (χ1n) is 5.63. The van der Waals surface area contributed by atoms with E-state index in [0.29, 0.717) is 16.3 Å². The molecule has 2 rings (SSSR count). The number of aliphatic imine (C=N–C) groups is 1. The highest BCUT2D eigenvalue weighted by molar-refractivity contribution is 7.99. The molecule has 1 heterocycles. The van der Waals surface area contributed by atoms with E-state index in [-0.39, 0.29) is 0 Å². The molecule has 5 nitrogen and oxygen atoms in total. The SMILES string of the molecule is COC(=O)c1ccnc(Sc2cccc(N=C=O)c2)c1. The maximum atomic E-state index is 11.4. The lowest BCUT2D eigenvalue weighted by molar-refractivity contribution is 0.0600. The molecule has 1 aromatic heterocycles. The molecule has 0 fully saturated rings. The van der Waals surface area contributed by atoms with Crippen LogP contribution in [0.4, 0.5) is 5.69 Å². The van der Waals surface area contributed by atoms with Crippen LogP contribution in [0.3, 0.4) is 0 Å². The number of methoxy groups -OCH3 is 1. The second-order valence-electron chi connectivity index (χ2n) is 3.68. The van der Waals surface area contributed by atoms with Gasteiger partial charge in [0.2, 0.25) is 6.08 Å². The highest BCUT2D eigenvalue weighted by Crippen LogP contribution is 2.29. The third kappa shape index (κ3) is 3.54. The Bertz CT molecular complexity index is 682. The fourth-order valence-electron chi connectivity index (χ4n) is 1.50. The van der Waals surface area contributed by atoms with Crippen molar-refractivity contribution in [1.29, 1.82) is 0 Å². The Morgan fingerprint density at radius 1 is 1.35 bits per heavy atom. The van der Waals surface area contributed by atoms with Crippen LogP contribution in [-0.2, 0) is 9.53 Å². The first kappa shape index (κ1) is 14.0. The van der Waals surface area contributed by atoms with Gasteiger partial charge in [-0.2, -0.15) is 4.99 Å². The molecular formula is C14H10N2O3S. The highest BCUT2D eigenvalue weighted by atomic mass is 32.2. The standard InChI is InChI=1S/C14H10N2O3S/c1-19-14(18)10-5-6-15-13(7-10)20-12-4-2-3-11(8-12)16-9-17/h2-8H,1H3. The molecule has 0 N–H and O–H groups in total. The minimum Gasteiger partial charge on any atom is -0.465 e. The molecule has 0 spiro atoms. The van der Waals surface area contributed by atoms with Crippen LogP contribution in [0.5, 0.6) is 0 Å². The minimum atomic E-state index is -0.409. The van der Waals surface area contributed by atoms with Gasteiger partial charge in [-0.3, -0.25) is 0 Å². The van der Waals surface area contributed by atoms with E-state index in [1.54, 1.807) is 36.5 Å². The number of ether oxygens (including phenoxy) is 1. The fraction of sp³-hybridized carbons (Fsp3) is 0.0714. The smallest absolute Gasteiger partial charge is 0.337 e. The molecule has 6 heteroatoms. The van der Waals surface area contributed by atoms with E-state index in [1.807, 2.05) is 6.07 Å². The van der Waals surface area contributed by atoms with Crippen molar-refractivity contribution in [2.75, 3.05) is 7.11 Å². The Labute approximate surface area is 119 Å². The number of benzene rings is 1. The zero-order valence-electron chi connectivity index (χ0n) is 10.6. The number of carbonyl (C=O) groups is 1. The van der Waals surface area contributed by atoms with Crippen molar-refractivity contribution in [2.24, 2.45) is 4.99 Å². The van der Waals surface area contributed by atoms with E-state index < -0.39 is 5.97 Å². The van der Waals surface area contributed by atoms with E-state index in [2.05, 4.69) is 14.7 Å². The van der Waals surface area contributed by atoms with Crippen LogP contribution in [0.15, 0.2) is 57.5 Å².